The van der Waals surface area contributed by atoms with Crippen LogP contribution in [-0.4, -0.2) is 46.4 Å². The summed E-state index contributed by atoms with van der Waals surface area (Å²) in [6.07, 6.45) is 1.36. The number of nitrogens with zero attached hydrogens (tertiary/aromatic N) is 3. The first-order chi connectivity index (χ1) is 10.6. The molecule has 2 aromatic rings. The molecule has 22 heavy (non-hydrogen) atoms. The Morgan fingerprint density at radius 1 is 1.32 bits per heavy atom. The van der Waals surface area contributed by atoms with Gasteiger partial charge in [0, 0.05) is 24.3 Å². The number of benzene rings is 1. The second-order valence-corrected chi connectivity index (χ2v) is 5.42. The third kappa shape index (κ3) is 3.25. The van der Waals surface area contributed by atoms with Gasteiger partial charge in [-0.2, -0.15) is 0 Å². The molecule has 1 aliphatic rings. The molecule has 1 saturated heterocycles. The highest BCUT2D eigenvalue weighted by molar-refractivity contribution is 5.90. The molecule has 1 aromatic heterocycles. The molecule has 0 bridgehead atoms. The van der Waals surface area contributed by atoms with Crippen molar-refractivity contribution in [2.75, 3.05) is 18.4 Å². The van der Waals surface area contributed by atoms with E-state index in [4.69, 9.17) is 9.15 Å². The average molecular weight is 302 g/mol. The summed E-state index contributed by atoms with van der Waals surface area (Å²) in [7, 11) is 0. The summed E-state index contributed by atoms with van der Waals surface area (Å²) in [6, 6.07) is 7.18. The molecule has 1 aliphatic heterocycles. The topological polar surface area (TPSA) is 80.5 Å². The molecule has 0 unspecified atom stereocenters. The summed E-state index contributed by atoms with van der Waals surface area (Å²) >= 11 is 0. The Hall–Kier alpha value is -2.41. The Labute approximate surface area is 128 Å². The number of rotatable bonds is 2. The zero-order valence-corrected chi connectivity index (χ0v) is 12.5. The van der Waals surface area contributed by atoms with Gasteiger partial charge in [-0.1, -0.05) is 6.07 Å². The molecule has 1 N–H and O–H groups in total. The van der Waals surface area contributed by atoms with Crippen LogP contribution in [0, 0.1) is 0 Å². The van der Waals surface area contributed by atoms with Crippen LogP contribution in [0.15, 0.2) is 35.1 Å². The molecule has 0 spiro atoms. The van der Waals surface area contributed by atoms with Crippen molar-refractivity contribution in [3.63, 3.8) is 0 Å². The Morgan fingerprint density at radius 3 is 2.77 bits per heavy atom. The van der Waals surface area contributed by atoms with Crippen LogP contribution in [0.3, 0.4) is 0 Å². The Bertz CT molecular complexity index is 634. The molecule has 2 amide bonds. The highest BCUT2D eigenvalue weighted by Gasteiger charge is 2.25. The smallest absolute Gasteiger partial charge is 0.322 e. The molecular weight excluding hydrogens is 284 g/mol. The van der Waals surface area contributed by atoms with Gasteiger partial charge < -0.3 is 19.4 Å². The van der Waals surface area contributed by atoms with Crippen LogP contribution in [0.25, 0.3) is 11.5 Å². The fraction of sp³-hybridized carbons (Fsp3) is 0.400. The maximum atomic E-state index is 12.4. The standard InChI is InChI=1S/C15H18N4O3/c1-10-7-19(8-11(2)22-10)15(20)17-13-5-3-4-12(6-13)14-18-16-9-21-14/h3-6,9-11H,7-8H2,1-2H3,(H,17,20)/t10-,11+. The van der Waals surface area contributed by atoms with E-state index in [9.17, 15) is 4.79 Å². The Balaban J connectivity index is 1.70. The number of carbonyl (C=O) groups is 1. The Kier molecular flexibility index (Phi) is 4.06. The monoisotopic (exact) mass is 302 g/mol. The maximum absolute atomic E-state index is 12.4. The number of hydrogen-bond acceptors (Lipinski definition) is 5. The molecule has 3 rings (SSSR count). The number of ether oxygens (including phenoxy) is 1. The average Bonchev–Trinajstić information content (AvgIpc) is 3.00. The van der Waals surface area contributed by atoms with Gasteiger partial charge in [0.15, 0.2) is 0 Å². The fourth-order valence-electron chi connectivity index (χ4n) is 2.58. The highest BCUT2D eigenvalue weighted by Crippen LogP contribution is 2.21. The van der Waals surface area contributed by atoms with Crippen LogP contribution < -0.4 is 5.32 Å². The number of amides is 2. The lowest BCUT2D eigenvalue weighted by molar-refractivity contribution is -0.0530. The molecule has 0 radical (unpaired) electrons. The molecule has 7 nitrogen and oxygen atoms in total. The summed E-state index contributed by atoms with van der Waals surface area (Å²) in [5, 5.41) is 10.4. The van der Waals surface area contributed by atoms with E-state index in [1.807, 2.05) is 32.0 Å². The van der Waals surface area contributed by atoms with E-state index in [-0.39, 0.29) is 18.2 Å². The minimum Gasteiger partial charge on any atom is -0.423 e. The lowest BCUT2D eigenvalue weighted by atomic mass is 10.2. The van der Waals surface area contributed by atoms with E-state index in [0.29, 0.717) is 24.7 Å². The number of urea groups is 1. The first kappa shape index (κ1) is 14.5. The quantitative estimate of drug-likeness (QED) is 0.921. The van der Waals surface area contributed by atoms with E-state index in [0.717, 1.165) is 5.56 Å². The number of morpholine rings is 1. The third-order valence-corrected chi connectivity index (χ3v) is 3.43. The van der Waals surface area contributed by atoms with Gasteiger partial charge in [0.05, 0.1) is 12.2 Å². The van der Waals surface area contributed by atoms with Gasteiger partial charge in [-0.15, -0.1) is 10.2 Å². The second-order valence-electron chi connectivity index (χ2n) is 5.42. The zero-order valence-electron chi connectivity index (χ0n) is 12.5. The van der Waals surface area contributed by atoms with Crippen molar-refractivity contribution in [3.8, 4) is 11.5 Å². The molecule has 0 saturated carbocycles. The number of carbonyl (C=O) groups excluding carboxylic acids is 1. The van der Waals surface area contributed by atoms with Crippen molar-refractivity contribution < 1.29 is 13.9 Å². The summed E-state index contributed by atoms with van der Waals surface area (Å²) < 4.78 is 10.8. The molecular formula is C15H18N4O3. The van der Waals surface area contributed by atoms with Crippen LogP contribution in [-0.2, 0) is 4.74 Å². The van der Waals surface area contributed by atoms with Crippen LogP contribution in [0.1, 0.15) is 13.8 Å². The lowest BCUT2D eigenvalue weighted by Crippen LogP contribution is -2.49. The van der Waals surface area contributed by atoms with Crippen molar-refractivity contribution in [2.45, 2.75) is 26.1 Å². The molecule has 2 heterocycles. The molecule has 1 aromatic carbocycles. The van der Waals surface area contributed by atoms with Gasteiger partial charge in [0.2, 0.25) is 12.3 Å². The number of nitrogens with one attached hydrogen (secondary N) is 1. The molecule has 7 heteroatoms. The van der Waals surface area contributed by atoms with Crippen molar-refractivity contribution in [3.05, 3.63) is 30.7 Å². The Morgan fingerprint density at radius 2 is 2.09 bits per heavy atom. The SMILES string of the molecule is C[C@@H]1CN(C(=O)Nc2cccc(-c3nnco3)c2)C[C@H](C)O1. The van der Waals surface area contributed by atoms with Crippen molar-refractivity contribution in [2.24, 2.45) is 0 Å². The second kappa shape index (κ2) is 6.15. The maximum Gasteiger partial charge on any atom is 0.322 e. The van der Waals surface area contributed by atoms with Gasteiger partial charge >= 0.3 is 6.03 Å². The van der Waals surface area contributed by atoms with Crippen molar-refractivity contribution in [1.29, 1.82) is 0 Å². The highest BCUT2D eigenvalue weighted by atomic mass is 16.5. The van der Waals surface area contributed by atoms with Gasteiger partial charge in [0.25, 0.3) is 0 Å². The summed E-state index contributed by atoms with van der Waals surface area (Å²) in [5.74, 6) is 0.421. The first-order valence-corrected chi connectivity index (χ1v) is 7.20. The van der Waals surface area contributed by atoms with E-state index in [2.05, 4.69) is 15.5 Å². The summed E-state index contributed by atoms with van der Waals surface area (Å²) in [6.45, 7) is 5.09. The van der Waals surface area contributed by atoms with Crippen LogP contribution >= 0.6 is 0 Å². The van der Waals surface area contributed by atoms with Gasteiger partial charge in [-0.3, -0.25) is 0 Å². The number of anilines is 1. The van der Waals surface area contributed by atoms with Gasteiger partial charge in [-0.25, -0.2) is 4.79 Å². The van der Waals surface area contributed by atoms with Crippen molar-refractivity contribution >= 4 is 11.7 Å². The predicted molar refractivity (Wildman–Crippen MR) is 80.3 cm³/mol. The molecule has 0 aliphatic carbocycles. The minimum absolute atomic E-state index is 0.0410. The number of aromatic nitrogens is 2. The van der Waals surface area contributed by atoms with Gasteiger partial charge in [0.1, 0.15) is 0 Å². The largest absolute Gasteiger partial charge is 0.423 e. The summed E-state index contributed by atoms with van der Waals surface area (Å²) in [4.78, 5) is 14.1. The van der Waals surface area contributed by atoms with Crippen molar-refractivity contribution in [1.82, 2.24) is 15.1 Å². The van der Waals surface area contributed by atoms with E-state index in [1.54, 1.807) is 11.0 Å². The lowest BCUT2D eigenvalue weighted by Gasteiger charge is -2.35. The molecule has 116 valence electrons. The molecule has 1 fully saturated rings. The zero-order chi connectivity index (χ0) is 15.5. The number of hydrogen-bond donors (Lipinski definition) is 1. The van der Waals surface area contributed by atoms with E-state index in [1.165, 1.54) is 6.39 Å². The predicted octanol–water partition coefficient (Wildman–Crippen LogP) is 2.38. The fourth-order valence-corrected chi connectivity index (χ4v) is 2.58. The normalized spacial score (nSPS) is 21.6. The van der Waals surface area contributed by atoms with E-state index >= 15 is 0 Å². The molecule has 2 atom stereocenters. The van der Waals surface area contributed by atoms with Gasteiger partial charge in [-0.05, 0) is 32.0 Å². The van der Waals surface area contributed by atoms with Crippen LogP contribution in [0.5, 0.6) is 0 Å². The first-order valence-electron chi connectivity index (χ1n) is 7.20. The van der Waals surface area contributed by atoms with Crippen LogP contribution in [0.4, 0.5) is 10.5 Å². The summed E-state index contributed by atoms with van der Waals surface area (Å²) in [5.41, 5.74) is 1.45. The third-order valence-electron chi connectivity index (χ3n) is 3.43. The van der Waals surface area contributed by atoms with E-state index < -0.39 is 0 Å². The minimum atomic E-state index is -0.135. The van der Waals surface area contributed by atoms with Crippen LogP contribution in [0.2, 0.25) is 0 Å².